The number of rotatable bonds is 6. The number of carbonyl (C=O) groups is 1. The van der Waals surface area contributed by atoms with Gasteiger partial charge in [-0.25, -0.2) is 0 Å². The minimum atomic E-state index is -2.84. The van der Waals surface area contributed by atoms with Gasteiger partial charge in [-0.2, -0.15) is 8.78 Å². The summed E-state index contributed by atoms with van der Waals surface area (Å²) in [6, 6.07) is 6.24. The summed E-state index contributed by atoms with van der Waals surface area (Å²) in [6.45, 7) is 1.14. The van der Waals surface area contributed by atoms with Crippen molar-refractivity contribution in [1.29, 1.82) is 0 Å². The molecule has 134 valence electrons. The molecule has 1 aromatic rings. The van der Waals surface area contributed by atoms with Gasteiger partial charge in [0.1, 0.15) is 5.75 Å². The molecule has 5 nitrogen and oxygen atoms in total. The Morgan fingerprint density at radius 1 is 1.42 bits per heavy atom. The number of likely N-dealkylation sites (tertiary alicyclic amines) is 1. The predicted octanol–water partition coefficient (Wildman–Crippen LogP) is 1.95. The van der Waals surface area contributed by atoms with Crippen molar-refractivity contribution in [3.05, 3.63) is 29.8 Å². The molecule has 2 unspecified atom stereocenters. The highest BCUT2D eigenvalue weighted by Gasteiger charge is 2.26. The molecule has 1 N–H and O–H groups in total. The number of β-amino-alcohol motifs (C(OH)–C–C–N with tert-alkyl or cyclic N) is 1. The molecule has 24 heavy (non-hydrogen) atoms. The molecular weight excluding hydrogens is 318 g/mol. The van der Waals surface area contributed by atoms with Crippen LogP contribution < -0.4 is 4.74 Å². The Kier molecular flexibility index (Phi) is 6.51. The number of carbonyl (C=O) groups excluding carboxylic acids is 1. The van der Waals surface area contributed by atoms with Crippen LogP contribution in [0.4, 0.5) is 8.78 Å². The van der Waals surface area contributed by atoms with E-state index in [1.54, 1.807) is 24.1 Å². The molecule has 7 heteroatoms. The lowest BCUT2D eigenvalue weighted by Crippen LogP contribution is -2.47. The van der Waals surface area contributed by atoms with Crippen molar-refractivity contribution in [3.63, 3.8) is 0 Å². The lowest BCUT2D eigenvalue weighted by molar-refractivity contribution is -0.132. The molecule has 2 rings (SSSR count). The lowest BCUT2D eigenvalue weighted by atomic mass is 9.96. The van der Waals surface area contributed by atoms with E-state index in [4.69, 9.17) is 0 Å². The number of aliphatic hydroxyl groups excluding tert-OH is 1. The molecule has 1 aromatic carbocycles. The summed E-state index contributed by atoms with van der Waals surface area (Å²) < 4.78 is 28.5. The minimum Gasteiger partial charge on any atom is -0.435 e. The van der Waals surface area contributed by atoms with Crippen molar-refractivity contribution >= 4 is 5.91 Å². The van der Waals surface area contributed by atoms with E-state index in [-0.39, 0.29) is 30.2 Å². The number of hydrogen-bond acceptors (Lipinski definition) is 4. The van der Waals surface area contributed by atoms with E-state index in [2.05, 4.69) is 4.74 Å². The summed E-state index contributed by atoms with van der Waals surface area (Å²) in [4.78, 5) is 15.8. The van der Waals surface area contributed by atoms with Gasteiger partial charge in [-0.1, -0.05) is 19.1 Å². The maximum Gasteiger partial charge on any atom is 0.387 e. The number of amides is 1. The molecule has 0 spiro atoms. The van der Waals surface area contributed by atoms with Crippen LogP contribution in [0.1, 0.15) is 18.9 Å². The Morgan fingerprint density at radius 3 is 2.67 bits per heavy atom. The topological polar surface area (TPSA) is 53.0 Å². The fourth-order valence-electron chi connectivity index (χ4n) is 2.71. The third-order valence-electron chi connectivity index (χ3n) is 4.36. The molecule has 1 heterocycles. The number of piperidine rings is 1. The average Bonchev–Trinajstić information content (AvgIpc) is 2.52. The standard InChI is InChI=1S/C17H24F2N2O3/c1-12-7-8-21(10-15(12)22)11-16(23)20(2)9-13-3-5-14(6-4-13)24-17(18)19/h3-6,12,15,17,22H,7-11H2,1-2H3. The second-order valence-corrected chi connectivity index (χ2v) is 6.34. The first kappa shape index (κ1) is 18.6. The van der Waals surface area contributed by atoms with Gasteiger partial charge in [0.25, 0.3) is 0 Å². The SMILES string of the molecule is CC1CCN(CC(=O)N(C)Cc2ccc(OC(F)F)cc2)CC1O. The van der Waals surface area contributed by atoms with Gasteiger partial charge in [0, 0.05) is 20.1 Å². The van der Waals surface area contributed by atoms with Crippen LogP contribution in [0, 0.1) is 5.92 Å². The summed E-state index contributed by atoms with van der Waals surface area (Å²) in [5.41, 5.74) is 0.833. The highest BCUT2D eigenvalue weighted by atomic mass is 19.3. The Bertz CT molecular complexity index is 539. The summed E-state index contributed by atoms with van der Waals surface area (Å²) in [5, 5.41) is 9.89. The number of hydrogen-bond donors (Lipinski definition) is 1. The summed E-state index contributed by atoms with van der Waals surface area (Å²) in [7, 11) is 1.70. The number of likely N-dealkylation sites (N-methyl/N-ethyl adjacent to an activating group) is 1. The number of aliphatic hydroxyl groups is 1. The number of nitrogens with zero attached hydrogens (tertiary/aromatic N) is 2. The number of benzene rings is 1. The van der Waals surface area contributed by atoms with Crippen LogP contribution in [0.5, 0.6) is 5.75 Å². The largest absolute Gasteiger partial charge is 0.435 e. The van der Waals surface area contributed by atoms with Crippen LogP contribution in [0.25, 0.3) is 0 Å². The Hall–Kier alpha value is -1.73. The van der Waals surface area contributed by atoms with Crippen molar-refractivity contribution in [2.45, 2.75) is 32.6 Å². The Morgan fingerprint density at radius 2 is 2.08 bits per heavy atom. The van der Waals surface area contributed by atoms with Crippen LogP contribution in [0.3, 0.4) is 0 Å². The van der Waals surface area contributed by atoms with Crippen LogP contribution in [-0.4, -0.2) is 60.2 Å². The van der Waals surface area contributed by atoms with Gasteiger partial charge in [0.2, 0.25) is 5.91 Å². The maximum atomic E-state index is 12.3. The highest BCUT2D eigenvalue weighted by Crippen LogP contribution is 2.18. The molecule has 0 bridgehead atoms. The second-order valence-electron chi connectivity index (χ2n) is 6.34. The van der Waals surface area contributed by atoms with Gasteiger partial charge in [0.15, 0.2) is 0 Å². The molecule has 1 fully saturated rings. The molecule has 0 saturated carbocycles. The molecule has 1 aliphatic rings. The fraction of sp³-hybridized carbons (Fsp3) is 0.588. The summed E-state index contributed by atoms with van der Waals surface area (Å²) >= 11 is 0. The van der Waals surface area contributed by atoms with Crippen molar-refractivity contribution in [1.82, 2.24) is 9.80 Å². The van der Waals surface area contributed by atoms with Crippen LogP contribution in [0.15, 0.2) is 24.3 Å². The van der Waals surface area contributed by atoms with Crippen LogP contribution in [-0.2, 0) is 11.3 Å². The zero-order chi connectivity index (χ0) is 17.7. The predicted molar refractivity (Wildman–Crippen MR) is 85.8 cm³/mol. The van der Waals surface area contributed by atoms with E-state index in [0.29, 0.717) is 13.1 Å². The van der Waals surface area contributed by atoms with E-state index in [9.17, 15) is 18.7 Å². The maximum absolute atomic E-state index is 12.3. The van der Waals surface area contributed by atoms with E-state index in [1.165, 1.54) is 12.1 Å². The number of ether oxygens (including phenoxy) is 1. The van der Waals surface area contributed by atoms with E-state index < -0.39 is 6.61 Å². The normalized spacial score (nSPS) is 21.8. The molecular formula is C17H24F2N2O3. The molecule has 1 aliphatic heterocycles. The third-order valence-corrected chi connectivity index (χ3v) is 4.36. The van der Waals surface area contributed by atoms with Crippen molar-refractivity contribution in [3.8, 4) is 5.75 Å². The van der Waals surface area contributed by atoms with Gasteiger partial charge < -0.3 is 14.7 Å². The zero-order valence-corrected chi connectivity index (χ0v) is 14.0. The quantitative estimate of drug-likeness (QED) is 0.859. The van der Waals surface area contributed by atoms with Gasteiger partial charge in [0.05, 0.1) is 12.6 Å². The van der Waals surface area contributed by atoms with E-state index >= 15 is 0 Å². The number of alkyl halides is 2. The highest BCUT2D eigenvalue weighted by molar-refractivity contribution is 5.78. The Balaban J connectivity index is 1.83. The first-order chi connectivity index (χ1) is 11.3. The zero-order valence-electron chi connectivity index (χ0n) is 14.0. The molecule has 0 aliphatic carbocycles. The first-order valence-corrected chi connectivity index (χ1v) is 8.03. The van der Waals surface area contributed by atoms with Crippen LogP contribution >= 0.6 is 0 Å². The van der Waals surface area contributed by atoms with Crippen molar-refractivity contribution < 1.29 is 23.4 Å². The average molecular weight is 342 g/mol. The number of halogens is 2. The van der Waals surface area contributed by atoms with Gasteiger partial charge in [-0.3, -0.25) is 9.69 Å². The third kappa shape index (κ3) is 5.42. The fourth-order valence-corrected chi connectivity index (χ4v) is 2.71. The van der Waals surface area contributed by atoms with E-state index in [0.717, 1.165) is 18.5 Å². The summed E-state index contributed by atoms with van der Waals surface area (Å²) in [6.07, 6.45) is 0.489. The van der Waals surface area contributed by atoms with Gasteiger partial charge >= 0.3 is 6.61 Å². The van der Waals surface area contributed by atoms with Gasteiger partial charge in [-0.05, 0) is 36.6 Å². The second kappa shape index (κ2) is 8.39. The van der Waals surface area contributed by atoms with Gasteiger partial charge in [-0.15, -0.1) is 0 Å². The molecule has 1 amide bonds. The van der Waals surface area contributed by atoms with Crippen molar-refractivity contribution in [2.75, 3.05) is 26.7 Å². The van der Waals surface area contributed by atoms with E-state index in [1.807, 2.05) is 11.8 Å². The Labute approximate surface area is 140 Å². The molecule has 0 radical (unpaired) electrons. The monoisotopic (exact) mass is 342 g/mol. The lowest BCUT2D eigenvalue weighted by Gasteiger charge is -2.34. The molecule has 0 aromatic heterocycles. The minimum absolute atomic E-state index is 0.0374. The summed E-state index contributed by atoms with van der Waals surface area (Å²) in [5.74, 6) is 0.326. The van der Waals surface area contributed by atoms with Crippen LogP contribution in [0.2, 0.25) is 0 Å². The van der Waals surface area contributed by atoms with Crippen molar-refractivity contribution in [2.24, 2.45) is 5.92 Å². The smallest absolute Gasteiger partial charge is 0.387 e. The first-order valence-electron chi connectivity index (χ1n) is 8.03. The molecule has 2 atom stereocenters. The molecule has 1 saturated heterocycles.